The van der Waals surface area contributed by atoms with Crippen LogP contribution in [-0.4, -0.2) is 22.7 Å². The van der Waals surface area contributed by atoms with E-state index in [1.807, 2.05) is 0 Å². The first-order chi connectivity index (χ1) is 7.69. The molecular formula is C10H12N4O2. The molecule has 0 fully saturated rings. The van der Waals surface area contributed by atoms with Crippen LogP contribution in [0.2, 0.25) is 0 Å². The maximum Gasteiger partial charge on any atom is 0.286 e. The molecule has 2 aromatic heterocycles. The van der Waals surface area contributed by atoms with Crippen LogP contribution in [0.3, 0.4) is 0 Å². The van der Waals surface area contributed by atoms with Crippen LogP contribution in [0, 0.1) is 0 Å². The summed E-state index contributed by atoms with van der Waals surface area (Å²) in [6, 6.07) is 3.36. The SMILES string of the molecule is CNC(=O)c1ccc(Cn2cc(N)cn2)o1. The highest BCUT2D eigenvalue weighted by Gasteiger charge is 2.09. The summed E-state index contributed by atoms with van der Waals surface area (Å²) in [6.45, 7) is 0.453. The number of nitrogen functional groups attached to an aromatic ring is 1. The molecule has 16 heavy (non-hydrogen) atoms. The summed E-state index contributed by atoms with van der Waals surface area (Å²) >= 11 is 0. The van der Waals surface area contributed by atoms with Crippen molar-refractivity contribution in [2.24, 2.45) is 0 Å². The van der Waals surface area contributed by atoms with Crippen molar-refractivity contribution in [2.45, 2.75) is 6.54 Å². The predicted octanol–water partition coefficient (Wildman–Crippen LogP) is 0.466. The molecule has 84 valence electrons. The van der Waals surface area contributed by atoms with Crippen LogP contribution in [0.25, 0.3) is 0 Å². The fourth-order valence-electron chi connectivity index (χ4n) is 1.33. The van der Waals surface area contributed by atoms with Crippen molar-refractivity contribution in [3.8, 4) is 0 Å². The number of carbonyl (C=O) groups is 1. The Hall–Kier alpha value is -2.24. The second-order valence-electron chi connectivity index (χ2n) is 3.32. The van der Waals surface area contributed by atoms with Gasteiger partial charge in [-0.3, -0.25) is 9.48 Å². The summed E-state index contributed by atoms with van der Waals surface area (Å²) in [4.78, 5) is 11.2. The zero-order valence-electron chi connectivity index (χ0n) is 8.80. The molecule has 0 aliphatic carbocycles. The zero-order chi connectivity index (χ0) is 11.5. The van der Waals surface area contributed by atoms with E-state index >= 15 is 0 Å². The fraction of sp³-hybridized carbons (Fsp3) is 0.200. The van der Waals surface area contributed by atoms with E-state index in [0.717, 1.165) is 0 Å². The minimum Gasteiger partial charge on any atom is -0.454 e. The van der Waals surface area contributed by atoms with Gasteiger partial charge in [-0.1, -0.05) is 0 Å². The topological polar surface area (TPSA) is 86.1 Å². The average molecular weight is 220 g/mol. The van der Waals surface area contributed by atoms with E-state index < -0.39 is 0 Å². The van der Waals surface area contributed by atoms with Gasteiger partial charge in [-0.05, 0) is 12.1 Å². The molecular weight excluding hydrogens is 208 g/mol. The largest absolute Gasteiger partial charge is 0.454 e. The quantitative estimate of drug-likeness (QED) is 0.787. The normalized spacial score (nSPS) is 10.3. The van der Waals surface area contributed by atoms with Gasteiger partial charge in [0.25, 0.3) is 5.91 Å². The molecule has 0 radical (unpaired) electrons. The molecule has 0 bridgehead atoms. The second kappa shape index (κ2) is 4.09. The summed E-state index contributed by atoms with van der Waals surface area (Å²) < 4.78 is 6.98. The van der Waals surface area contributed by atoms with Crippen LogP contribution in [0.15, 0.2) is 28.9 Å². The van der Waals surface area contributed by atoms with Crippen LogP contribution < -0.4 is 11.1 Å². The van der Waals surface area contributed by atoms with Gasteiger partial charge < -0.3 is 15.5 Å². The molecule has 3 N–H and O–H groups in total. The van der Waals surface area contributed by atoms with E-state index in [4.69, 9.17) is 10.2 Å². The van der Waals surface area contributed by atoms with Gasteiger partial charge in [0.15, 0.2) is 5.76 Å². The van der Waals surface area contributed by atoms with E-state index in [-0.39, 0.29) is 11.7 Å². The molecule has 0 aliphatic rings. The number of amides is 1. The Labute approximate surface area is 92.0 Å². The van der Waals surface area contributed by atoms with Crippen LogP contribution in [0.4, 0.5) is 5.69 Å². The summed E-state index contributed by atoms with van der Waals surface area (Å²) in [7, 11) is 1.55. The molecule has 0 atom stereocenters. The number of hydrogen-bond donors (Lipinski definition) is 2. The molecule has 0 aliphatic heterocycles. The Kier molecular flexibility index (Phi) is 2.63. The van der Waals surface area contributed by atoms with E-state index in [9.17, 15) is 4.79 Å². The van der Waals surface area contributed by atoms with Crippen molar-refractivity contribution in [3.63, 3.8) is 0 Å². The number of furan rings is 1. The molecule has 0 aromatic carbocycles. The number of nitrogens with one attached hydrogen (secondary N) is 1. The number of anilines is 1. The van der Waals surface area contributed by atoms with E-state index in [1.165, 1.54) is 0 Å². The lowest BCUT2D eigenvalue weighted by molar-refractivity contribution is 0.0933. The van der Waals surface area contributed by atoms with Crippen molar-refractivity contribution in [3.05, 3.63) is 36.0 Å². The number of hydrogen-bond acceptors (Lipinski definition) is 4. The maximum atomic E-state index is 11.2. The van der Waals surface area contributed by atoms with Gasteiger partial charge >= 0.3 is 0 Å². The maximum absolute atomic E-state index is 11.2. The Morgan fingerprint density at radius 2 is 2.44 bits per heavy atom. The first-order valence-corrected chi connectivity index (χ1v) is 4.78. The Bertz CT molecular complexity index is 500. The lowest BCUT2D eigenvalue weighted by Gasteiger charge is -1.97. The zero-order valence-corrected chi connectivity index (χ0v) is 8.80. The van der Waals surface area contributed by atoms with Gasteiger partial charge in [-0.25, -0.2) is 0 Å². The number of carbonyl (C=O) groups excluding carboxylic acids is 1. The van der Waals surface area contributed by atoms with E-state index in [0.29, 0.717) is 18.0 Å². The number of aromatic nitrogens is 2. The lowest BCUT2D eigenvalue weighted by Crippen LogP contribution is -2.16. The van der Waals surface area contributed by atoms with Crippen molar-refractivity contribution < 1.29 is 9.21 Å². The number of nitrogens with two attached hydrogens (primary N) is 1. The molecule has 0 unspecified atom stereocenters. The predicted molar refractivity (Wildman–Crippen MR) is 57.8 cm³/mol. The molecule has 2 rings (SSSR count). The molecule has 0 saturated heterocycles. The van der Waals surface area contributed by atoms with Gasteiger partial charge in [-0.2, -0.15) is 5.10 Å². The van der Waals surface area contributed by atoms with E-state index in [2.05, 4.69) is 10.4 Å². The van der Waals surface area contributed by atoms with E-state index in [1.54, 1.807) is 36.3 Å². The van der Waals surface area contributed by atoms with Crippen LogP contribution >= 0.6 is 0 Å². The third-order valence-corrected chi connectivity index (χ3v) is 2.08. The molecule has 2 heterocycles. The smallest absolute Gasteiger partial charge is 0.286 e. The van der Waals surface area contributed by atoms with Gasteiger partial charge in [-0.15, -0.1) is 0 Å². The van der Waals surface area contributed by atoms with Gasteiger partial charge in [0, 0.05) is 13.2 Å². The second-order valence-corrected chi connectivity index (χ2v) is 3.32. The third kappa shape index (κ3) is 2.05. The standard InChI is InChI=1S/C10H12N4O2/c1-12-10(15)9-3-2-8(16-9)6-14-5-7(11)4-13-14/h2-5H,6,11H2,1H3,(H,12,15). The summed E-state index contributed by atoms with van der Waals surface area (Å²) in [5.74, 6) is 0.700. The van der Waals surface area contributed by atoms with Gasteiger partial charge in [0.1, 0.15) is 5.76 Å². The van der Waals surface area contributed by atoms with Crippen LogP contribution in [0.5, 0.6) is 0 Å². The van der Waals surface area contributed by atoms with Crippen LogP contribution in [0.1, 0.15) is 16.3 Å². The first kappa shape index (κ1) is 10.3. The fourth-order valence-corrected chi connectivity index (χ4v) is 1.33. The van der Waals surface area contributed by atoms with Crippen molar-refractivity contribution in [1.82, 2.24) is 15.1 Å². The van der Waals surface area contributed by atoms with Crippen LogP contribution in [-0.2, 0) is 6.54 Å². The number of rotatable bonds is 3. The molecule has 6 heteroatoms. The summed E-state index contributed by atoms with van der Waals surface area (Å²) in [6.07, 6.45) is 3.25. The van der Waals surface area contributed by atoms with Gasteiger partial charge in [0.2, 0.25) is 0 Å². The molecule has 2 aromatic rings. The van der Waals surface area contributed by atoms with Crippen molar-refractivity contribution >= 4 is 11.6 Å². The lowest BCUT2D eigenvalue weighted by atomic mass is 10.4. The monoisotopic (exact) mass is 220 g/mol. The first-order valence-electron chi connectivity index (χ1n) is 4.78. The molecule has 1 amide bonds. The molecule has 6 nitrogen and oxygen atoms in total. The number of nitrogens with zero attached hydrogens (tertiary/aromatic N) is 2. The Balaban J connectivity index is 2.11. The van der Waals surface area contributed by atoms with Gasteiger partial charge in [0.05, 0.1) is 18.4 Å². The summed E-state index contributed by atoms with van der Waals surface area (Å²) in [5, 5.41) is 6.50. The molecule has 0 spiro atoms. The highest BCUT2D eigenvalue weighted by molar-refractivity contribution is 5.91. The summed E-state index contributed by atoms with van der Waals surface area (Å²) in [5.41, 5.74) is 6.12. The minimum absolute atomic E-state index is 0.244. The Morgan fingerprint density at radius 1 is 1.62 bits per heavy atom. The highest BCUT2D eigenvalue weighted by atomic mass is 16.4. The Morgan fingerprint density at radius 3 is 3.06 bits per heavy atom. The van der Waals surface area contributed by atoms with Crippen molar-refractivity contribution in [2.75, 3.05) is 12.8 Å². The molecule has 0 saturated carbocycles. The average Bonchev–Trinajstić information content (AvgIpc) is 2.87. The van der Waals surface area contributed by atoms with Crippen molar-refractivity contribution in [1.29, 1.82) is 0 Å². The minimum atomic E-state index is -0.244. The third-order valence-electron chi connectivity index (χ3n) is 2.08. The highest BCUT2D eigenvalue weighted by Crippen LogP contribution is 2.10.